The Balaban J connectivity index is 3.11. The van der Waals surface area contributed by atoms with Gasteiger partial charge in [0.2, 0.25) is 0 Å². The van der Waals surface area contributed by atoms with E-state index >= 15 is 0 Å². The first-order valence-electron chi connectivity index (χ1n) is 5.43. The lowest BCUT2D eigenvalue weighted by Crippen LogP contribution is -2.31. The number of hydrogen-bond donors (Lipinski definition) is 0. The average Bonchev–Trinajstić information content (AvgIpc) is 2.29. The Hall–Kier alpha value is -0.870. The molecule has 0 aliphatic rings. The molecular weight excluding hydrogens is 260 g/mol. The lowest BCUT2D eigenvalue weighted by Gasteiger charge is -2.13. The monoisotopic (exact) mass is 274 g/mol. The molecule has 3 nitrogen and oxygen atoms in total. The van der Waals surface area contributed by atoms with Crippen LogP contribution in [0.2, 0.25) is 5.02 Å². The highest BCUT2D eigenvalue weighted by atomic mass is 35.5. The molecule has 0 aromatic heterocycles. The van der Waals surface area contributed by atoms with Crippen LogP contribution in [0.25, 0.3) is 0 Å². The molecule has 17 heavy (non-hydrogen) atoms. The number of carbonyl (C=O) groups is 1. The maximum absolute atomic E-state index is 12.1. The van der Waals surface area contributed by atoms with Crippen molar-refractivity contribution in [2.75, 3.05) is 5.75 Å². The van der Waals surface area contributed by atoms with Crippen molar-refractivity contribution in [3.63, 3.8) is 0 Å². The molecule has 0 unspecified atom stereocenters. The van der Waals surface area contributed by atoms with Gasteiger partial charge in [0.1, 0.15) is 5.25 Å². The van der Waals surface area contributed by atoms with Gasteiger partial charge in [0.05, 0.1) is 0 Å². The first-order valence-corrected chi connectivity index (χ1v) is 7.53. The van der Waals surface area contributed by atoms with Crippen molar-refractivity contribution in [3.05, 3.63) is 34.9 Å². The molecule has 0 aliphatic heterocycles. The highest BCUT2D eigenvalue weighted by Gasteiger charge is 2.29. The van der Waals surface area contributed by atoms with Crippen molar-refractivity contribution < 1.29 is 13.2 Å². The third kappa shape index (κ3) is 3.30. The SMILES string of the molecule is CC[C@@H](C(=O)c1cccc(Cl)c1)S(=O)(=O)CC. The van der Waals surface area contributed by atoms with E-state index in [0.717, 1.165) is 0 Å². The molecular formula is C12H15ClO3S. The highest BCUT2D eigenvalue weighted by Crippen LogP contribution is 2.17. The fraction of sp³-hybridized carbons (Fsp3) is 0.417. The zero-order chi connectivity index (χ0) is 13.1. The molecule has 0 bridgehead atoms. The van der Waals surface area contributed by atoms with E-state index in [0.29, 0.717) is 10.6 Å². The predicted molar refractivity (Wildman–Crippen MR) is 69.3 cm³/mol. The first kappa shape index (κ1) is 14.2. The van der Waals surface area contributed by atoms with Gasteiger partial charge in [-0.1, -0.05) is 37.6 Å². The number of ketones is 1. The zero-order valence-electron chi connectivity index (χ0n) is 9.81. The third-order valence-corrected chi connectivity index (χ3v) is 5.06. The molecule has 0 saturated carbocycles. The number of hydrogen-bond acceptors (Lipinski definition) is 3. The van der Waals surface area contributed by atoms with Crippen LogP contribution in [-0.4, -0.2) is 25.2 Å². The molecule has 0 aliphatic carbocycles. The molecule has 0 radical (unpaired) electrons. The number of rotatable bonds is 5. The summed E-state index contributed by atoms with van der Waals surface area (Å²) >= 11 is 5.78. The van der Waals surface area contributed by atoms with E-state index in [-0.39, 0.29) is 18.0 Å². The van der Waals surface area contributed by atoms with Crippen LogP contribution in [-0.2, 0) is 9.84 Å². The Morgan fingerprint density at radius 1 is 1.35 bits per heavy atom. The lowest BCUT2D eigenvalue weighted by molar-refractivity contribution is 0.0985. The topological polar surface area (TPSA) is 51.2 Å². The lowest BCUT2D eigenvalue weighted by atomic mass is 10.1. The smallest absolute Gasteiger partial charge is 0.180 e. The molecule has 0 saturated heterocycles. The second kappa shape index (κ2) is 5.65. The van der Waals surface area contributed by atoms with E-state index in [2.05, 4.69) is 0 Å². The van der Waals surface area contributed by atoms with Gasteiger partial charge in [-0.2, -0.15) is 0 Å². The summed E-state index contributed by atoms with van der Waals surface area (Å²) in [6.45, 7) is 3.24. The van der Waals surface area contributed by atoms with Crippen molar-refractivity contribution in [2.24, 2.45) is 0 Å². The zero-order valence-corrected chi connectivity index (χ0v) is 11.4. The molecule has 1 aromatic carbocycles. The van der Waals surface area contributed by atoms with Gasteiger partial charge in [-0.05, 0) is 18.6 Å². The van der Waals surface area contributed by atoms with Crippen molar-refractivity contribution in [1.82, 2.24) is 0 Å². The van der Waals surface area contributed by atoms with E-state index in [4.69, 9.17) is 11.6 Å². The van der Waals surface area contributed by atoms with Crippen LogP contribution in [0.15, 0.2) is 24.3 Å². The van der Waals surface area contributed by atoms with Crippen LogP contribution in [0, 0.1) is 0 Å². The Morgan fingerprint density at radius 2 is 2.00 bits per heavy atom. The summed E-state index contributed by atoms with van der Waals surface area (Å²) < 4.78 is 23.6. The fourth-order valence-corrected chi connectivity index (χ4v) is 3.19. The number of sulfone groups is 1. The minimum atomic E-state index is -3.36. The molecule has 94 valence electrons. The Kier molecular flexibility index (Phi) is 4.71. The predicted octanol–water partition coefficient (Wildman–Crippen LogP) is 2.74. The highest BCUT2D eigenvalue weighted by molar-refractivity contribution is 7.92. The van der Waals surface area contributed by atoms with Crippen LogP contribution < -0.4 is 0 Å². The number of benzene rings is 1. The van der Waals surface area contributed by atoms with Crippen molar-refractivity contribution in [2.45, 2.75) is 25.5 Å². The molecule has 1 aromatic rings. The molecule has 1 rings (SSSR count). The summed E-state index contributed by atoms with van der Waals surface area (Å²) in [5.74, 6) is -0.408. The van der Waals surface area contributed by atoms with Gasteiger partial charge in [0.15, 0.2) is 15.6 Å². The molecule has 1 atom stereocenters. The Morgan fingerprint density at radius 3 is 2.47 bits per heavy atom. The molecule has 0 heterocycles. The molecule has 0 fully saturated rings. The second-order valence-electron chi connectivity index (χ2n) is 3.72. The minimum Gasteiger partial charge on any atom is -0.293 e. The maximum Gasteiger partial charge on any atom is 0.180 e. The number of Topliss-reactive ketones (excluding diaryl/α,β-unsaturated/α-hetero) is 1. The maximum atomic E-state index is 12.1. The average molecular weight is 275 g/mol. The summed E-state index contributed by atoms with van der Waals surface area (Å²) in [5, 5.41) is -0.537. The van der Waals surface area contributed by atoms with E-state index in [1.807, 2.05) is 0 Å². The first-order chi connectivity index (χ1) is 7.92. The standard InChI is InChI=1S/C12H15ClO3S/c1-3-11(17(15,16)4-2)12(14)9-6-5-7-10(13)8-9/h5-8,11H,3-4H2,1-2H3/t11-/m0/s1. The van der Waals surface area contributed by atoms with E-state index < -0.39 is 15.1 Å². The largest absolute Gasteiger partial charge is 0.293 e. The summed E-state index contributed by atoms with van der Waals surface area (Å²) in [6.07, 6.45) is 0.279. The summed E-state index contributed by atoms with van der Waals surface area (Å²) in [4.78, 5) is 12.1. The summed E-state index contributed by atoms with van der Waals surface area (Å²) in [6, 6.07) is 6.37. The van der Waals surface area contributed by atoms with Crippen molar-refractivity contribution in [1.29, 1.82) is 0 Å². The molecule has 5 heteroatoms. The summed E-state index contributed by atoms with van der Waals surface area (Å²) in [5.41, 5.74) is 0.348. The van der Waals surface area contributed by atoms with Crippen LogP contribution in [0.1, 0.15) is 30.6 Å². The van der Waals surface area contributed by atoms with Gasteiger partial charge in [0.25, 0.3) is 0 Å². The number of halogens is 1. The molecule has 0 N–H and O–H groups in total. The van der Waals surface area contributed by atoms with Gasteiger partial charge in [0, 0.05) is 16.3 Å². The van der Waals surface area contributed by atoms with E-state index in [1.54, 1.807) is 32.0 Å². The Labute approximate surface area is 107 Å². The Bertz CT molecular complexity index is 508. The van der Waals surface area contributed by atoms with Crippen LogP contribution in [0.5, 0.6) is 0 Å². The van der Waals surface area contributed by atoms with Crippen LogP contribution in [0.4, 0.5) is 0 Å². The number of carbonyl (C=O) groups excluding carboxylic acids is 1. The van der Waals surface area contributed by atoms with E-state index in [1.165, 1.54) is 6.07 Å². The quantitative estimate of drug-likeness (QED) is 0.776. The van der Waals surface area contributed by atoms with Gasteiger partial charge in [-0.15, -0.1) is 0 Å². The third-order valence-electron chi connectivity index (χ3n) is 2.61. The van der Waals surface area contributed by atoms with E-state index in [9.17, 15) is 13.2 Å². The minimum absolute atomic E-state index is 0.0299. The molecule has 0 spiro atoms. The van der Waals surface area contributed by atoms with Crippen molar-refractivity contribution >= 4 is 27.2 Å². The van der Waals surface area contributed by atoms with Crippen LogP contribution >= 0.6 is 11.6 Å². The fourth-order valence-electron chi connectivity index (χ4n) is 1.63. The van der Waals surface area contributed by atoms with Gasteiger partial charge in [-0.3, -0.25) is 4.79 Å². The normalized spacial score (nSPS) is 13.4. The van der Waals surface area contributed by atoms with Crippen LogP contribution in [0.3, 0.4) is 0 Å². The second-order valence-corrected chi connectivity index (χ2v) is 6.63. The molecule has 0 amide bonds. The van der Waals surface area contributed by atoms with Gasteiger partial charge in [-0.25, -0.2) is 8.42 Å². The van der Waals surface area contributed by atoms with Gasteiger partial charge < -0.3 is 0 Å². The van der Waals surface area contributed by atoms with Gasteiger partial charge >= 0.3 is 0 Å². The summed E-state index contributed by atoms with van der Waals surface area (Å²) in [7, 11) is -3.36. The van der Waals surface area contributed by atoms with Crippen molar-refractivity contribution in [3.8, 4) is 0 Å².